The number of hydrogen-bond acceptors (Lipinski definition) is 5. The van der Waals surface area contributed by atoms with Gasteiger partial charge in [0.1, 0.15) is 0 Å². The van der Waals surface area contributed by atoms with Crippen LogP contribution in [0.4, 0.5) is 0 Å². The molecule has 0 aliphatic carbocycles. The molecule has 0 spiro atoms. The molecular weight excluding hydrogens is 356 g/mol. The lowest BCUT2D eigenvalue weighted by Crippen LogP contribution is -2.61. The molecule has 162 valence electrons. The molecule has 1 heterocycles. The van der Waals surface area contributed by atoms with Gasteiger partial charge in [0.15, 0.2) is 11.3 Å². The number of ether oxygens (including phenoxy) is 1. The van der Waals surface area contributed by atoms with Crippen molar-refractivity contribution in [1.82, 2.24) is 5.32 Å². The maximum Gasteiger partial charge on any atom is 0.333 e. The third-order valence-corrected chi connectivity index (χ3v) is 6.03. The highest BCUT2D eigenvalue weighted by atomic mass is 16.5. The Morgan fingerprint density at radius 1 is 1.25 bits per heavy atom. The molecule has 3 N–H and O–H groups in total. The molecule has 1 aliphatic rings. The monoisotopic (exact) mass is 396 g/mol. The second-order valence-electron chi connectivity index (χ2n) is 8.95. The molecule has 0 aromatic rings. The van der Waals surface area contributed by atoms with Crippen LogP contribution in [-0.4, -0.2) is 35.8 Å². The second-order valence-corrected chi connectivity index (χ2v) is 8.95. The number of carbonyl (C=O) groups is 3. The molecule has 28 heavy (non-hydrogen) atoms. The Hall–Kier alpha value is -1.43. The molecule has 0 aromatic heterocycles. The van der Waals surface area contributed by atoms with Crippen molar-refractivity contribution < 1.29 is 19.1 Å². The van der Waals surface area contributed by atoms with Crippen molar-refractivity contribution in [3.05, 3.63) is 0 Å². The Bertz CT molecular complexity index is 547. The van der Waals surface area contributed by atoms with Gasteiger partial charge in [-0.3, -0.25) is 9.59 Å². The summed E-state index contributed by atoms with van der Waals surface area (Å²) < 4.78 is 4.89. The van der Waals surface area contributed by atoms with Gasteiger partial charge in [-0.2, -0.15) is 0 Å². The highest BCUT2D eigenvalue weighted by Gasteiger charge is 2.49. The van der Waals surface area contributed by atoms with Crippen LogP contribution in [0.25, 0.3) is 0 Å². The molecule has 0 aromatic carbocycles. The normalized spacial score (nSPS) is 22.1. The molecule has 6 nitrogen and oxygen atoms in total. The Morgan fingerprint density at radius 3 is 2.43 bits per heavy atom. The third-order valence-electron chi connectivity index (χ3n) is 6.03. The van der Waals surface area contributed by atoms with Gasteiger partial charge in [0.25, 0.3) is 0 Å². The number of nitrogens with two attached hydrogens (primary N) is 1. The minimum absolute atomic E-state index is 0.00670. The van der Waals surface area contributed by atoms with Crippen molar-refractivity contribution in [2.45, 2.75) is 103 Å². The number of carbonyl (C=O) groups excluding carboxylic acids is 3. The number of hydrogen-bond donors (Lipinski definition) is 2. The first-order chi connectivity index (χ1) is 13.1. The highest BCUT2D eigenvalue weighted by Crippen LogP contribution is 2.32. The molecule has 1 fully saturated rings. The van der Waals surface area contributed by atoms with Crippen LogP contribution in [0, 0.1) is 11.8 Å². The van der Waals surface area contributed by atoms with Crippen molar-refractivity contribution in [3.63, 3.8) is 0 Å². The summed E-state index contributed by atoms with van der Waals surface area (Å²) in [5.41, 5.74) is 4.35. The van der Waals surface area contributed by atoms with E-state index in [1.165, 1.54) is 20.0 Å². The molecule has 1 rings (SSSR count). The van der Waals surface area contributed by atoms with Crippen LogP contribution in [-0.2, 0) is 19.1 Å². The molecular formula is C22H40N2O4. The molecule has 0 bridgehead atoms. The Morgan fingerprint density at radius 2 is 1.89 bits per heavy atom. The Balaban J connectivity index is 2.87. The van der Waals surface area contributed by atoms with E-state index < -0.39 is 17.4 Å². The predicted molar refractivity (Wildman–Crippen MR) is 111 cm³/mol. The SMILES string of the molecule is CCCCCCCC(CC)C(=O)C(N)(CC1CCC(C)(C)NC1=O)C(=O)OC. The maximum absolute atomic E-state index is 13.3. The summed E-state index contributed by atoms with van der Waals surface area (Å²) >= 11 is 0. The van der Waals surface area contributed by atoms with Gasteiger partial charge >= 0.3 is 5.97 Å². The topological polar surface area (TPSA) is 98.5 Å². The van der Waals surface area contributed by atoms with Crippen molar-refractivity contribution in [3.8, 4) is 0 Å². The average Bonchev–Trinajstić information content (AvgIpc) is 2.65. The highest BCUT2D eigenvalue weighted by molar-refractivity contribution is 6.09. The van der Waals surface area contributed by atoms with E-state index >= 15 is 0 Å². The fourth-order valence-electron chi connectivity index (χ4n) is 4.09. The number of unbranched alkanes of at least 4 members (excludes halogenated alkanes) is 4. The fraction of sp³-hybridized carbons (Fsp3) is 0.864. The van der Waals surface area contributed by atoms with Gasteiger partial charge in [-0.1, -0.05) is 46.0 Å². The molecule has 1 amide bonds. The smallest absolute Gasteiger partial charge is 0.333 e. The van der Waals surface area contributed by atoms with Gasteiger partial charge in [-0.15, -0.1) is 0 Å². The summed E-state index contributed by atoms with van der Waals surface area (Å²) in [5, 5.41) is 2.96. The van der Waals surface area contributed by atoms with Crippen LogP contribution in [0.1, 0.15) is 91.9 Å². The maximum atomic E-state index is 13.3. The molecule has 3 atom stereocenters. The summed E-state index contributed by atoms with van der Waals surface area (Å²) in [4.78, 5) is 38.3. The van der Waals surface area contributed by atoms with Crippen LogP contribution < -0.4 is 11.1 Å². The van der Waals surface area contributed by atoms with E-state index in [-0.39, 0.29) is 29.6 Å². The molecule has 0 saturated carbocycles. The van der Waals surface area contributed by atoms with E-state index in [0.717, 1.165) is 32.1 Å². The number of methoxy groups -OCH3 is 1. The zero-order chi connectivity index (χ0) is 21.4. The largest absolute Gasteiger partial charge is 0.467 e. The van der Waals surface area contributed by atoms with Gasteiger partial charge in [0, 0.05) is 17.4 Å². The Labute approximate surface area is 170 Å². The van der Waals surface area contributed by atoms with Crippen molar-refractivity contribution >= 4 is 17.7 Å². The summed E-state index contributed by atoms with van der Waals surface area (Å²) in [6, 6.07) is 0. The van der Waals surface area contributed by atoms with E-state index in [9.17, 15) is 14.4 Å². The van der Waals surface area contributed by atoms with Crippen LogP contribution in [0.5, 0.6) is 0 Å². The lowest BCUT2D eigenvalue weighted by molar-refractivity contribution is -0.154. The zero-order valence-electron chi connectivity index (χ0n) is 18.4. The van der Waals surface area contributed by atoms with E-state index in [0.29, 0.717) is 12.8 Å². The zero-order valence-corrected chi connectivity index (χ0v) is 18.4. The van der Waals surface area contributed by atoms with E-state index in [1.54, 1.807) is 0 Å². The van der Waals surface area contributed by atoms with Crippen LogP contribution in [0.2, 0.25) is 0 Å². The molecule has 6 heteroatoms. The van der Waals surface area contributed by atoms with E-state index in [4.69, 9.17) is 10.5 Å². The number of Topliss-reactive ketones (excluding diaryl/α,β-unsaturated/α-hetero) is 1. The summed E-state index contributed by atoms with van der Waals surface area (Å²) in [5.74, 6) is -1.90. The van der Waals surface area contributed by atoms with E-state index in [1.807, 2.05) is 20.8 Å². The number of nitrogens with one attached hydrogen (secondary N) is 1. The fourth-order valence-corrected chi connectivity index (χ4v) is 4.09. The van der Waals surface area contributed by atoms with Crippen LogP contribution in [0.15, 0.2) is 0 Å². The summed E-state index contributed by atoms with van der Waals surface area (Å²) in [6.07, 6.45) is 8.29. The first-order valence-electron chi connectivity index (χ1n) is 10.8. The lowest BCUT2D eigenvalue weighted by Gasteiger charge is -2.38. The Kier molecular flexibility index (Phi) is 9.61. The van der Waals surface area contributed by atoms with Crippen LogP contribution in [0.3, 0.4) is 0 Å². The van der Waals surface area contributed by atoms with Gasteiger partial charge in [0.05, 0.1) is 7.11 Å². The predicted octanol–water partition coefficient (Wildman–Crippen LogP) is 3.51. The number of esters is 1. The van der Waals surface area contributed by atoms with Gasteiger partial charge < -0.3 is 15.8 Å². The first-order valence-corrected chi connectivity index (χ1v) is 10.8. The quantitative estimate of drug-likeness (QED) is 0.299. The van der Waals surface area contributed by atoms with E-state index in [2.05, 4.69) is 12.2 Å². The summed E-state index contributed by atoms with van der Waals surface area (Å²) in [7, 11) is 1.24. The number of ketones is 1. The number of amides is 1. The van der Waals surface area contributed by atoms with Gasteiger partial charge in [-0.25, -0.2) is 4.79 Å². The standard InChI is InChI=1S/C22H40N2O4/c1-6-8-9-10-11-12-16(7-2)18(25)22(23,20(27)28-5)15-17-13-14-21(3,4)24-19(17)26/h16-17H,6-15,23H2,1-5H3,(H,24,26). The number of rotatable bonds is 12. The lowest BCUT2D eigenvalue weighted by atomic mass is 9.74. The molecule has 1 aliphatic heterocycles. The second kappa shape index (κ2) is 10.9. The minimum atomic E-state index is -1.76. The first kappa shape index (κ1) is 24.6. The van der Waals surface area contributed by atoms with Crippen molar-refractivity contribution in [1.29, 1.82) is 0 Å². The molecule has 3 unspecified atom stereocenters. The average molecular weight is 397 g/mol. The molecule has 1 saturated heterocycles. The summed E-state index contributed by atoms with van der Waals surface area (Å²) in [6.45, 7) is 8.05. The molecule has 0 radical (unpaired) electrons. The number of piperidine rings is 1. The van der Waals surface area contributed by atoms with Crippen molar-refractivity contribution in [2.24, 2.45) is 17.6 Å². The van der Waals surface area contributed by atoms with Crippen LogP contribution >= 0.6 is 0 Å². The minimum Gasteiger partial charge on any atom is -0.467 e. The van der Waals surface area contributed by atoms with Crippen molar-refractivity contribution in [2.75, 3.05) is 7.11 Å². The van der Waals surface area contributed by atoms with Gasteiger partial charge in [-0.05, 0) is 46.0 Å². The van der Waals surface area contributed by atoms with Gasteiger partial charge in [0.2, 0.25) is 5.91 Å². The third kappa shape index (κ3) is 6.57.